The molecule has 0 aromatic carbocycles. The summed E-state index contributed by atoms with van der Waals surface area (Å²) in [7, 11) is 0. The monoisotopic (exact) mass is 610 g/mol. The van der Waals surface area contributed by atoms with Gasteiger partial charge in [-0.2, -0.15) is 0 Å². The second-order valence-electron chi connectivity index (χ2n) is 11.5. The van der Waals surface area contributed by atoms with Crippen LogP contribution in [0.1, 0.15) is 51.9 Å². The van der Waals surface area contributed by atoms with Crippen LogP contribution in [0.2, 0.25) is 0 Å². The van der Waals surface area contributed by atoms with Crippen molar-refractivity contribution in [3.05, 3.63) is 0 Å². The van der Waals surface area contributed by atoms with Crippen LogP contribution in [0, 0.1) is 0 Å². The molecule has 0 aromatic rings. The molecule has 0 aromatic heterocycles. The van der Waals surface area contributed by atoms with Gasteiger partial charge in [0, 0.05) is 25.0 Å². The lowest BCUT2D eigenvalue weighted by atomic mass is 9.84. The first-order valence-corrected chi connectivity index (χ1v) is 14.7. The summed E-state index contributed by atoms with van der Waals surface area (Å²) in [5, 5.41) is 63.0. The summed E-state index contributed by atoms with van der Waals surface area (Å²) in [5.41, 5.74) is 24.0. The lowest BCUT2D eigenvalue weighted by molar-refractivity contribution is -0.332. The second kappa shape index (κ2) is 16.3. The van der Waals surface area contributed by atoms with E-state index in [1.54, 1.807) is 0 Å². The fourth-order valence-electron chi connectivity index (χ4n) is 5.51. The molecule has 3 fully saturated rings. The van der Waals surface area contributed by atoms with Crippen molar-refractivity contribution in [1.29, 1.82) is 0 Å². The zero-order chi connectivity index (χ0) is 31.1. The Kier molecular flexibility index (Phi) is 13.7. The topological polar surface area (TPSA) is 289 Å². The Morgan fingerprint density at radius 2 is 1.31 bits per heavy atom. The molecule has 42 heavy (non-hydrogen) atoms. The number of aliphatic hydroxyl groups excluding tert-OH is 6. The van der Waals surface area contributed by atoms with Gasteiger partial charge in [-0.05, 0) is 12.8 Å². The minimum atomic E-state index is -1.68. The minimum Gasteiger partial charge on any atom is -0.463 e. The summed E-state index contributed by atoms with van der Waals surface area (Å²) in [4.78, 5) is 12.2. The molecule has 0 radical (unpaired) electrons. The zero-order valence-electron chi connectivity index (χ0n) is 24.0. The van der Waals surface area contributed by atoms with Crippen LogP contribution in [0.15, 0.2) is 0 Å². The molecule has 14 unspecified atom stereocenters. The lowest BCUT2D eigenvalue weighted by Gasteiger charge is -2.48. The standard InChI is InChI=1S/C26H50N4O12/c1-2-3-4-5-6-7-15(31)38-10-14-17(32)16(30)19(34)25(40-14)41-23-11(28)8-12(29)24(22(23)37)42-26-21(36)20(35)18(33)13(9-27)39-26/h11-14,16-26,32-37H,2-10,27-30H2,1H3/t11-,12?,13?,14?,16?,17?,18?,19?,20?,21?,22?,23?,24?,25?,26?/m0/s1. The van der Waals surface area contributed by atoms with E-state index >= 15 is 0 Å². The van der Waals surface area contributed by atoms with Gasteiger partial charge in [-0.15, -0.1) is 0 Å². The van der Waals surface area contributed by atoms with E-state index in [-0.39, 0.29) is 26.0 Å². The van der Waals surface area contributed by atoms with Crippen molar-refractivity contribution in [2.24, 2.45) is 22.9 Å². The van der Waals surface area contributed by atoms with Crippen LogP contribution in [0.25, 0.3) is 0 Å². The van der Waals surface area contributed by atoms with E-state index in [4.69, 9.17) is 46.6 Å². The quantitative estimate of drug-likeness (QED) is 0.0696. The molecule has 15 atom stereocenters. The molecule has 2 saturated heterocycles. The first-order valence-electron chi connectivity index (χ1n) is 14.7. The number of ether oxygens (including phenoxy) is 5. The minimum absolute atomic E-state index is 0.0670. The Bertz CT molecular complexity index is 830. The van der Waals surface area contributed by atoms with Crippen molar-refractivity contribution in [1.82, 2.24) is 0 Å². The molecular weight excluding hydrogens is 560 g/mol. The van der Waals surface area contributed by atoms with Crippen molar-refractivity contribution < 1.29 is 59.1 Å². The number of unbranched alkanes of at least 4 members (excludes halogenated alkanes) is 4. The molecule has 0 bridgehead atoms. The van der Waals surface area contributed by atoms with Gasteiger partial charge in [0.2, 0.25) is 0 Å². The zero-order valence-corrected chi connectivity index (χ0v) is 24.0. The Morgan fingerprint density at radius 1 is 0.738 bits per heavy atom. The molecule has 1 aliphatic carbocycles. The summed E-state index contributed by atoms with van der Waals surface area (Å²) in [5.74, 6) is -0.459. The number of esters is 1. The normalized spacial score (nSPS) is 44.6. The van der Waals surface area contributed by atoms with Crippen LogP contribution in [-0.4, -0.2) is 142 Å². The smallest absolute Gasteiger partial charge is 0.305 e. The fourth-order valence-corrected chi connectivity index (χ4v) is 5.51. The number of hydrogen-bond donors (Lipinski definition) is 10. The van der Waals surface area contributed by atoms with Gasteiger partial charge in [0.25, 0.3) is 0 Å². The van der Waals surface area contributed by atoms with Gasteiger partial charge in [0.05, 0.1) is 6.04 Å². The number of carbonyl (C=O) groups is 1. The van der Waals surface area contributed by atoms with Crippen LogP contribution < -0.4 is 22.9 Å². The van der Waals surface area contributed by atoms with Crippen molar-refractivity contribution in [2.75, 3.05) is 13.2 Å². The molecule has 1 saturated carbocycles. The van der Waals surface area contributed by atoms with E-state index in [9.17, 15) is 35.4 Å². The molecule has 246 valence electrons. The van der Waals surface area contributed by atoms with Crippen LogP contribution in [-0.2, 0) is 28.5 Å². The SMILES string of the molecule is CCCCCCCC(=O)OCC1OC(OC2C(O)C(OC3OC(CN)C(O)C(O)C3O)C(N)C[C@@H]2N)C(O)C(N)C1O. The van der Waals surface area contributed by atoms with E-state index in [0.717, 1.165) is 25.7 Å². The first-order chi connectivity index (χ1) is 19.9. The highest BCUT2D eigenvalue weighted by atomic mass is 16.7. The third-order valence-electron chi connectivity index (χ3n) is 8.20. The second-order valence-corrected chi connectivity index (χ2v) is 11.5. The van der Waals surface area contributed by atoms with Gasteiger partial charge in [-0.25, -0.2) is 0 Å². The molecule has 16 heteroatoms. The van der Waals surface area contributed by atoms with E-state index < -0.39 is 97.7 Å². The van der Waals surface area contributed by atoms with Crippen LogP contribution in [0.4, 0.5) is 0 Å². The Hall–Kier alpha value is -1.09. The largest absolute Gasteiger partial charge is 0.463 e. The van der Waals surface area contributed by atoms with Crippen LogP contribution >= 0.6 is 0 Å². The van der Waals surface area contributed by atoms with Crippen LogP contribution in [0.3, 0.4) is 0 Å². The van der Waals surface area contributed by atoms with Crippen molar-refractivity contribution in [3.8, 4) is 0 Å². The van der Waals surface area contributed by atoms with E-state index in [1.807, 2.05) is 0 Å². The summed E-state index contributed by atoms with van der Waals surface area (Å²) in [6.07, 6.45) is -11.8. The van der Waals surface area contributed by atoms with Gasteiger partial charge in [0.15, 0.2) is 12.6 Å². The highest BCUT2D eigenvalue weighted by Crippen LogP contribution is 2.31. The van der Waals surface area contributed by atoms with Gasteiger partial charge >= 0.3 is 5.97 Å². The van der Waals surface area contributed by atoms with Gasteiger partial charge in [0.1, 0.15) is 67.6 Å². The molecule has 2 aliphatic heterocycles. The van der Waals surface area contributed by atoms with Gasteiger partial charge < -0.3 is 77.3 Å². The van der Waals surface area contributed by atoms with Crippen molar-refractivity contribution in [2.45, 2.75) is 144 Å². The van der Waals surface area contributed by atoms with E-state index in [0.29, 0.717) is 6.42 Å². The average molecular weight is 611 g/mol. The number of hydrogen-bond acceptors (Lipinski definition) is 16. The predicted octanol–water partition coefficient (Wildman–Crippen LogP) is -4.38. The maximum absolute atomic E-state index is 12.2. The highest BCUT2D eigenvalue weighted by molar-refractivity contribution is 5.69. The highest BCUT2D eigenvalue weighted by Gasteiger charge is 2.51. The molecule has 2 heterocycles. The van der Waals surface area contributed by atoms with Crippen molar-refractivity contribution >= 4 is 5.97 Å². The average Bonchev–Trinajstić information content (AvgIpc) is 2.96. The summed E-state index contributed by atoms with van der Waals surface area (Å²) >= 11 is 0. The molecule has 14 N–H and O–H groups in total. The first kappa shape index (κ1) is 35.4. The Labute approximate surface area is 245 Å². The molecule has 0 amide bonds. The van der Waals surface area contributed by atoms with Crippen molar-refractivity contribution in [3.63, 3.8) is 0 Å². The number of aliphatic hydroxyl groups is 6. The predicted molar refractivity (Wildman–Crippen MR) is 145 cm³/mol. The Balaban J connectivity index is 1.62. The molecule has 0 spiro atoms. The van der Waals surface area contributed by atoms with Crippen LogP contribution in [0.5, 0.6) is 0 Å². The number of rotatable bonds is 13. The summed E-state index contributed by atoms with van der Waals surface area (Å²) in [6.45, 7) is 1.58. The molecule has 3 aliphatic rings. The maximum Gasteiger partial charge on any atom is 0.305 e. The number of carbonyl (C=O) groups excluding carboxylic acids is 1. The molecular formula is C26H50N4O12. The Morgan fingerprint density at radius 3 is 1.90 bits per heavy atom. The fraction of sp³-hybridized carbons (Fsp3) is 0.962. The molecule has 16 nitrogen and oxygen atoms in total. The van der Waals surface area contributed by atoms with Gasteiger partial charge in [-0.3, -0.25) is 4.79 Å². The van der Waals surface area contributed by atoms with Gasteiger partial charge in [-0.1, -0.05) is 32.6 Å². The van der Waals surface area contributed by atoms with E-state index in [1.165, 1.54) is 0 Å². The molecule has 3 rings (SSSR count). The lowest BCUT2D eigenvalue weighted by Crippen LogP contribution is -2.68. The third-order valence-corrected chi connectivity index (χ3v) is 8.20. The third kappa shape index (κ3) is 8.54. The summed E-state index contributed by atoms with van der Waals surface area (Å²) < 4.78 is 28.1. The number of nitrogens with two attached hydrogens (primary N) is 4. The maximum atomic E-state index is 12.2. The van der Waals surface area contributed by atoms with E-state index in [2.05, 4.69) is 6.92 Å². The summed E-state index contributed by atoms with van der Waals surface area (Å²) in [6, 6.07) is -2.96.